The first-order valence-electron chi connectivity index (χ1n) is 7.67. The van der Waals surface area contributed by atoms with E-state index in [-0.39, 0.29) is 0 Å². The van der Waals surface area contributed by atoms with Gasteiger partial charge in [0.2, 0.25) is 5.88 Å². The number of hydrogen-bond acceptors (Lipinski definition) is 4. The van der Waals surface area contributed by atoms with Crippen LogP contribution >= 0.6 is 23.2 Å². The number of nitrogens with zero attached hydrogens (tertiary/aromatic N) is 2. The molecule has 1 heterocycles. The first kappa shape index (κ1) is 18.0. The van der Waals surface area contributed by atoms with Gasteiger partial charge in [0.25, 0.3) is 0 Å². The van der Waals surface area contributed by atoms with E-state index in [0.29, 0.717) is 45.4 Å². The average Bonchev–Trinajstić information content (AvgIpc) is 2.93. The van der Waals surface area contributed by atoms with Crippen LogP contribution in [0.3, 0.4) is 0 Å². The average molecular weight is 388 g/mol. The molecule has 2 aromatic carbocycles. The zero-order valence-electron chi connectivity index (χ0n) is 13.9. The van der Waals surface area contributed by atoms with Crippen LogP contribution in [0.25, 0.3) is 0 Å². The molecule has 132 valence electrons. The quantitative estimate of drug-likeness (QED) is 0.660. The molecule has 1 aromatic heterocycles. The van der Waals surface area contributed by atoms with Gasteiger partial charge in [-0.1, -0.05) is 41.4 Å². The Morgan fingerprint density at radius 1 is 1.12 bits per heavy atom. The number of aromatic nitrogens is 1. The van der Waals surface area contributed by atoms with Gasteiger partial charge in [-0.3, -0.25) is 4.57 Å². The lowest BCUT2D eigenvalue weighted by molar-refractivity contribution is 0.368. The second-order valence-electron chi connectivity index (χ2n) is 5.48. The highest BCUT2D eigenvalue weighted by Crippen LogP contribution is 2.36. The van der Waals surface area contributed by atoms with Crippen LogP contribution in [0.15, 0.2) is 48.5 Å². The first-order chi connectivity index (χ1) is 12.5. The summed E-state index contributed by atoms with van der Waals surface area (Å²) >= 11 is 12.2. The molecule has 0 spiro atoms. The zero-order valence-corrected chi connectivity index (χ0v) is 15.4. The van der Waals surface area contributed by atoms with Crippen molar-refractivity contribution in [2.75, 3.05) is 12.8 Å². The lowest BCUT2D eigenvalue weighted by Crippen LogP contribution is -2.06. The van der Waals surface area contributed by atoms with E-state index in [0.717, 1.165) is 5.56 Å². The monoisotopic (exact) mass is 387 g/mol. The number of benzene rings is 2. The van der Waals surface area contributed by atoms with Crippen LogP contribution in [0.2, 0.25) is 10.0 Å². The number of rotatable bonds is 5. The van der Waals surface area contributed by atoms with Gasteiger partial charge >= 0.3 is 0 Å². The summed E-state index contributed by atoms with van der Waals surface area (Å²) in [5, 5.41) is 10.5. The van der Waals surface area contributed by atoms with Crippen LogP contribution in [0.1, 0.15) is 11.3 Å². The van der Waals surface area contributed by atoms with E-state index in [4.69, 9.17) is 38.4 Å². The van der Waals surface area contributed by atoms with Crippen molar-refractivity contribution in [1.29, 1.82) is 5.26 Å². The second-order valence-corrected chi connectivity index (χ2v) is 6.32. The van der Waals surface area contributed by atoms with Gasteiger partial charge in [0.1, 0.15) is 11.8 Å². The molecular formula is C19H15Cl2N3O2. The van der Waals surface area contributed by atoms with Crippen molar-refractivity contribution < 1.29 is 9.47 Å². The number of hydrogen-bond donors (Lipinski definition) is 1. The number of ether oxygens (including phenoxy) is 2. The Kier molecular flexibility index (Phi) is 5.27. The predicted molar refractivity (Wildman–Crippen MR) is 102 cm³/mol. The SMILES string of the molecule is COc1ccccc1Oc1c(N)cc(C#N)n1Cc1ccc(Cl)cc1Cl. The molecule has 0 fully saturated rings. The summed E-state index contributed by atoms with van der Waals surface area (Å²) in [6, 6.07) is 16.1. The fourth-order valence-corrected chi connectivity index (χ4v) is 3.01. The molecule has 0 radical (unpaired) electrons. The number of anilines is 1. The van der Waals surface area contributed by atoms with E-state index in [1.807, 2.05) is 12.1 Å². The van der Waals surface area contributed by atoms with E-state index in [9.17, 15) is 5.26 Å². The molecule has 0 saturated carbocycles. The zero-order chi connectivity index (χ0) is 18.7. The molecule has 3 aromatic rings. The summed E-state index contributed by atoms with van der Waals surface area (Å²) in [7, 11) is 1.55. The van der Waals surface area contributed by atoms with E-state index in [2.05, 4.69) is 6.07 Å². The third-order valence-electron chi connectivity index (χ3n) is 3.81. The van der Waals surface area contributed by atoms with Crippen LogP contribution in [-0.2, 0) is 6.54 Å². The fourth-order valence-electron chi connectivity index (χ4n) is 2.54. The van der Waals surface area contributed by atoms with Gasteiger partial charge in [-0.25, -0.2) is 0 Å². The molecule has 0 atom stereocenters. The minimum Gasteiger partial charge on any atom is -0.493 e. The maximum Gasteiger partial charge on any atom is 0.224 e. The molecule has 0 amide bonds. The Morgan fingerprint density at radius 2 is 1.85 bits per heavy atom. The highest BCUT2D eigenvalue weighted by atomic mass is 35.5. The van der Waals surface area contributed by atoms with E-state index in [1.54, 1.807) is 48.1 Å². The molecule has 7 heteroatoms. The number of methoxy groups -OCH3 is 1. The predicted octanol–water partition coefficient (Wildman–Crippen LogP) is 5.10. The topological polar surface area (TPSA) is 73.2 Å². The van der Waals surface area contributed by atoms with Gasteiger partial charge in [0.15, 0.2) is 11.5 Å². The number of nitrogen functional groups attached to an aromatic ring is 1. The standard InChI is InChI=1S/C19H15Cl2N3O2/c1-25-17-4-2-3-5-18(17)26-19-16(23)9-14(10-22)24(19)11-12-6-7-13(20)8-15(12)21/h2-9H,11,23H2,1H3. The summed E-state index contributed by atoms with van der Waals surface area (Å²) < 4.78 is 12.9. The van der Waals surface area contributed by atoms with E-state index in [1.165, 1.54) is 0 Å². The van der Waals surface area contributed by atoms with Crippen molar-refractivity contribution in [3.05, 3.63) is 69.8 Å². The van der Waals surface area contributed by atoms with Crippen molar-refractivity contribution in [3.8, 4) is 23.4 Å². The second kappa shape index (κ2) is 7.61. The molecule has 26 heavy (non-hydrogen) atoms. The smallest absolute Gasteiger partial charge is 0.224 e. The van der Waals surface area contributed by atoms with Gasteiger partial charge in [-0.2, -0.15) is 5.26 Å². The summed E-state index contributed by atoms with van der Waals surface area (Å²) in [5.74, 6) is 1.40. The molecule has 0 bridgehead atoms. The molecule has 2 N–H and O–H groups in total. The summed E-state index contributed by atoms with van der Waals surface area (Å²) in [6.45, 7) is 0.306. The highest BCUT2D eigenvalue weighted by Gasteiger charge is 2.18. The Labute approximate surface area is 161 Å². The Balaban J connectivity index is 2.03. The number of nitriles is 1. The first-order valence-corrected chi connectivity index (χ1v) is 8.43. The third kappa shape index (κ3) is 3.57. The summed E-state index contributed by atoms with van der Waals surface area (Å²) in [6.07, 6.45) is 0. The maximum atomic E-state index is 9.45. The van der Waals surface area contributed by atoms with Crippen LogP contribution in [0, 0.1) is 11.3 Å². The van der Waals surface area contributed by atoms with Crippen molar-refractivity contribution in [3.63, 3.8) is 0 Å². The molecule has 3 rings (SSSR count). The van der Waals surface area contributed by atoms with Gasteiger partial charge in [-0.05, 0) is 29.8 Å². The van der Waals surface area contributed by atoms with Gasteiger partial charge in [0.05, 0.1) is 19.3 Å². The van der Waals surface area contributed by atoms with E-state index < -0.39 is 0 Å². The molecule has 5 nitrogen and oxygen atoms in total. The Bertz CT molecular complexity index is 993. The normalized spacial score (nSPS) is 10.4. The number of nitrogens with two attached hydrogens (primary N) is 1. The van der Waals surface area contributed by atoms with Crippen LogP contribution in [-0.4, -0.2) is 11.7 Å². The molecule has 0 aliphatic heterocycles. The van der Waals surface area contributed by atoms with Crippen molar-refractivity contribution in [1.82, 2.24) is 4.57 Å². The minimum absolute atomic E-state index is 0.306. The summed E-state index contributed by atoms with van der Waals surface area (Å²) in [4.78, 5) is 0. The lowest BCUT2D eigenvalue weighted by Gasteiger charge is -2.15. The number of halogens is 2. The molecule has 0 saturated heterocycles. The number of para-hydroxylation sites is 2. The maximum absolute atomic E-state index is 9.45. The van der Waals surface area contributed by atoms with Gasteiger partial charge in [0, 0.05) is 16.1 Å². The molecule has 0 aliphatic rings. The van der Waals surface area contributed by atoms with Gasteiger partial charge in [-0.15, -0.1) is 0 Å². The van der Waals surface area contributed by atoms with Crippen LogP contribution in [0.4, 0.5) is 5.69 Å². The van der Waals surface area contributed by atoms with Crippen LogP contribution in [0.5, 0.6) is 17.4 Å². The molecule has 0 unspecified atom stereocenters. The van der Waals surface area contributed by atoms with Crippen LogP contribution < -0.4 is 15.2 Å². The third-order valence-corrected chi connectivity index (χ3v) is 4.40. The van der Waals surface area contributed by atoms with Crippen molar-refractivity contribution >= 4 is 28.9 Å². The van der Waals surface area contributed by atoms with E-state index >= 15 is 0 Å². The van der Waals surface area contributed by atoms with Gasteiger partial charge < -0.3 is 15.2 Å². The fraction of sp³-hybridized carbons (Fsp3) is 0.105. The Hall–Kier alpha value is -2.81. The Morgan fingerprint density at radius 3 is 2.50 bits per heavy atom. The molecule has 0 aliphatic carbocycles. The lowest BCUT2D eigenvalue weighted by atomic mass is 10.2. The summed E-state index contributed by atoms with van der Waals surface area (Å²) in [5.41, 5.74) is 7.57. The highest BCUT2D eigenvalue weighted by molar-refractivity contribution is 6.35. The van der Waals surface area contributed by atoms with Crippen molar-refractivity contribution in [2.45, 2.75) is 6.54 Å². The van der Waals surface area contributed by atoms with Crippen molar-refractivity contribution in [2.24, 2.45) is 0 Å². The molecular weight excluding hydrogens is 373 g/mol. The minimum atomic E-state index is 0.306. The largest absolute Gasteiger partial charge is 0.493 e.